The third-order valence-electron chi connectivity index (χ3n) is 24.2. The zero-order chi connectivity index (χ0) is 105. The van der Waals surface area contributed by atoms with Gasteiger partial charge in [0.25, 0.3) is 11.8 Å². The van der Waals surface area contributed by atoms with E-state index in [0.29, 0.717) is 124 Å². The number of fused-ring (bicyclic) bond motifs is 3. The molecule has 1 aliphatic carbocycles. The van der Waals surface area contributed by atoms with Crippen molar-refractivity contribution < 1.29 is 57.6 Å². The average Bonchev–Trinajstić information content (AvgIpc) is 1.61. The molecule has 12 aromatic carbocycles. The molecule has 758 valence electrons. The lowest BCUT2D eigenvalue weighted by Crippen LogP contribution is -2.16. The Morgan fingerprint density at radius 1 is 0.524 bits per heavy atom. The summed E-state index contributed by atoms with van der Waals surface area (Å²) in [5, 5.41) is 27.7. The molecule has 15 aromatic rings. The van der Waals surface area contributed by atoms with Gasteiger partial charge < -0.3 is 39.9 Å². The van der Waals surface area contributed by atoms with E-state index in [1.54, 1.807) is 95.8 Å². The molecular weight excluding hydrogens is 1940 g/mol. The van der Waals surface area contributed by atoms with Crippen LogP contribution in [0.25, 0.3) is 50.4 Å². The van der Waals surface area contributed by atoms with Gasteiger partial charge in [-0.15, -0.1) is 0 Å². The van der Waals surface area contributed by atoms with Crippen LogP contribution in [0.4, 0.5) is 17.1 Å². The summed E-state index contributed by atoms with van der Waals surface area (Å²) in [6.45, 7) is 36.1. The van der Waals surface area contributed by atoms with Crippen molar-refractivity contribution in [1.82, 2.24) is 14.1 Å². The van der Waals surface area contributed by atoms with Gasteiger partial charge in [0, 0.05) is 88.9 Å². The zero-order valence-electron chi connectivity index (χ0n) is 85.3. The third-order valence-corrected chi connectivity index (χ3v) is 25.9. The monoisotopic (exact) mass is 2070 g/mol. The van der Waals surface area contributed by atoms with Crippen molar-refractivity contribution in [2.24, 2.45) is 5.92 Å². The molecule has 0 radical (unpaired) electrons. The molecule has 0 saturated heterocycles. The standard InChI is InChI=1S/C22H22ClNO4.C22H23NO2.C17H17Cl2NO2.C17H23ClO.C16H14ClNO.C16H17NO.C12H15ClO/c1-13(2)28-21(26)11-18-14(3)24(20-9-4-15(12-25)10-19(18)20)22(27)16-5-7-17(23)8-6-16;1-15(2)22-16(3)23(20-11-9-18(14-24)13-19(20)22)21(25)12-10-17-7-5-4-6-8-17;1-11(2)22-16(21)10-12-6-3-4-9-15(12)20-17-13(18)7-5-8-14(17)19;1-12(2)10-17(19)14-8-9-15(16(18)11-14)13-6-4-3-5-7-13;1-10(2)12-5-8-15-14(9-12)18-16(19-15)11-3-6-13(17)7-4-11;1-11(2)13-9-6-10-14(15(13)17)16(18)12-7-4-3-5-8-12;1-4-7-14-12-6-5-10(9(2)3)8-11(12)13/h4-10,13,25H,11-12H2,1-3H3;4-13,15,24H,14H2,1-3H3;3-9,11,20H,10H2,1-2H3;8-9,11-13H,3-7,10H2,1-2H3;3-10H,1-2H3;3-11H,17H2,1-2H3;4-6,8-9H,1,7H2,2-3H3. The Morgan fingerprint density at radius 2 is 1.08 bits per heavy atom. The quantitative estimate of drug-likeness (QED) is 0.0123. The van der Waals surface area contributed by atoms with Crippen molar-refractivity contribution in [3.05, 3.63) is 399 Å². The topological polar surface area (TPSA) is 245 Å². The zero-order valence-corrected chi connectivity index (χ0v) is 89.9. The predicted molar refractivity (Wildman–Crippen MR) is 598 cm³/mol. The number of nitrogens with zero attached hydrogens (tertiary/aromatic N) is 3. The summed E-state index contributed by atoms with van der Waals surface area (Å²) in [6.07, 6.45) is 12.1. The lowest BCUT2D eigenvalue weighted by atomic mass is 9.83. The molecule has 0 amide bonds. The summed E-state index contributed by atoms with van der Waals surface area (Å²) in [7, 11) is 0. The summed E-state index contributed by atoms with van der Waals surface area (Å²) < 4.78 is 25.0. The van der Waals surface area contributed by atoms with E-state index in [4.69, 9.17) is 94.0 Å². The number of para-hydroxylation sites is 3. The van der Waals surface area contributed by atoms with Crippen LogP contribution in [-0.4, -0.2) is 78.5 Å². The molecule has 23 heteroatoms. The molecule has 3 heterocycles. The van der Waals surface area contributed by atoms with Crippen LogP contribution in [0.3, 0.4) is 0 Å². The third kappa shape index (κ3) is 32.4. The van der Waals surface area contributed by atoms with Gasteiger partial charge in [0.15, 0.2) is 17.1 Å². The number of hydrogen-bond acceptors (Lipinski definition) is 15. The number of oxazole rings is 1. The number of esters is 2. The Kier molecular flexibility index (Phi) is 43.8. The number of nitrogen functional groups attached to an aromatic ring is 1. The summed E-state index contributed by atoms with van der Waals surface area (Å²) in [5.74, 6) is 3.21. The highest BCUT2D eigenvalue weighted by atomic mass is 35.5. The first kappa shape index (κ1) is 114. The number of ether oxygens (including phenoxy) is 3. The molecule has 3 aromatic heterocycles. The second-order valence-corrected chi connectivity index (χ2v) is 40.2. The maximum absolute atomic E-state index is 13.2. The van der Waals surface area contributed by atoms with Gasteiger partial charge in [0.1, 0.15) is 17.9 Å². The van der Waals surface area contributed by atoms with Crippen LogP contribution >= 0.6 is 69.6 Å². The van der Waals surface area contributed by atoms with Gasteiger partial charge in [-0.2, -0.15) is 0 Å². The molecule has 16 rings (SSSR count). The second kappa shape index (κ2) is 55.6. The number of halogens is 6. The molecule has 5 N–H and O–H groups in total. The number of benzene rings is 12. The molecule has 1 aliphatic rings. The van der Waals surface area contributed by atoms with Crippen molar-refractivity contribution in [2.75, 3.05) is 17.7 Å². The van der Waals surface area contributed by atoms with Crippen LogP contribution in [0.1, 0.15) is 274 Å². The normalized spacial score (nSPS) is 11.8. The highest BCUT2D eigenvalue weighted by Gasteiger charge is 2.27. The molecule has 1 saturated carbocycles. The Balaban J connectivity index is 0.000000175. The van der Waals surface area contributed by atoms with Crippen molar-refractivity contribution in [3.8, 4) is 17.2 Å². The van der Waals surface area contributed by atoms with Gasteiger partial charge in [-0.25, -0.2) is 4.98 Å². The number of carbonyl (C=O) groups excluding carboxylic acids is 6. The highest BCUT2D eigenvalue weighted by molar-refractivity contribution is 6.39. The molecule has 1 fully saturated rings. The van der Waals surface area contributed by atoms with Crippen molar-refractivity contribution in [1.29, 1.82) is 0 Å². The fourth-order valence-electron chi connectivity index (χ4n) is 16.8. The van der Waals surface area contributed by atoms with E-state index in [1.807, 2.05) is 216 Å². The average molecular weight is 2070 g/mol. The fraction of sp³-hybridized carbons (Fsp3) is 0.287. The summed E-state index contributed by atoms with van der Waals surface area (Å²) >= 11 is 36.6. The van der Waals surface area contributed by atoms with Gasteiger partial charge in [-0.05, 0) is 279 Å². The number of Topliss-reactive ketones (excluding diaryl/α,β-unsaturated/α-hetero) is 1. The number of nitrogens with one attached hydrogen (secondary N) is 1. The van der Waals surface area contributed by atoms with E-state index in [9.17, 15) is 39.0 Å². The van der Waals surface area contributed by atoms with Crippen LogP contribution in [0, 0.1) is 19.8 Å². The number of ketones is 2. The molecular formula is C122H131Cl6N5O12. The lowest BCUT2D eigenvalue weighted by Gasteiger charge is -2.23. The lowest BCUT2D eigenvalue weighted by molar-refractivity contribution is -0.147. The van der Waals surface area contributed by atoms with Crippen molar-refractivity contribution in [2.45, 2.75) is 217 Å². The smallest absolute Gasteiger partial charge is 0.310 e. The summed E-state index contributed by atoms with van der Waals surface area (Å²) in [6, 6.07) is 80.7. The number of anilines is 3. The largest absolute Gasteiger partial charge is 0.488 e. The number of carbonyl (C=O) groups is 6. The fourth-order valence-corrected chi connectivity index (χ4v) is 18.1. The van der Waals surface area contributed by atoms with Gasteiger partial charge in [0.2, 0.25) is 5.89 Å². The Hall–Kier alpha value is -12.7. The SMILES string of the molecule is C=CCOc1ccc(C(C)C)cc1Cl.CC(C)CC(=O)c1ccc(C2CCCCC2)c(Cl)c1.CC(C)OC(=O)Cc1ccccc1Nc1c(Cl)cccc1Cl.CC(C)c1ccc2oc(-c3ccc(Cl)cc3)nc2c1.CC(C)c1cccc(C(=O)c2ccccc2)c1N.Cc1c(C(C)C)c2cc(CO)ccc2n1C(=O)C=Cc1ccccc1.Cc1c(CC(=O)OC(C)C)c2cc(CO)ccc2n1C(=O)c1ccc(Cl)cc1. The number of allylic oxidation sites excluding steroid dienone is 1. The number of aliphatic hydroxyl groups excluding tert-OH is 2. The maximum Gasteiger partial charge on any atom is 0.310 e. The summed E-state index contributed by atoms with van der Waals surface area (Å²) in [4.78, 5) is 79.1. The second-order valence-electron chi connectivity index (χ2n) is 37.7. The molecule has 145 heavy (non-hydrogen) atoms. The Morgan fingerprint density at radius 3 is 1.66 bits per heavy atom. The van der Waals surface area contributed by atoms with Gasteiger partial charge in [-0.1, -0.05) is 304 Å². The van der Waals surface area contributed by atoms with Crippen LogP contribution in [0.15, 0.2) is 284 Å². The van der Waals surface area contributed by atoms with Gasteiger partial charge >= 0.3 is 11.9 Å². The Labute approximate surface area is 883 Å². The van der Waals surface area contributed by atoms with Gasteiger partial charge in [0.05, 0.1) is 70.1 Å². The van der Waals surface area contributed by atoms with Crippen LogP contribution in [0.5, 0.6) is 5.75 Å². The number of rotatable bonds is 27. The van der Waals surface area contributed by atoms with Crippen LogP contribution in [-0.2, 0) is 45.1 Å². The molecule has 17 nitrogen and oxygen atoms in total. The molecule has 0 unspecified atom stereocenters. The number of hydrogen-bond donors (Lipinski definition) is 4. The van der Waals surface area contributed by atoms with E-state index >= 15 is 0 Å². The summed E-state index contributed by atoms with van der Waals surface area (Å²) in [5.41, 5.74) is 26.5. The van der Waals surface area contributed by atoms with Crippen LogP contribution in [0.2, 0.25) is 30.1 Å². The molecule has 0 spiro atoms. The first-order valence-electron chi connectivity index (χ1n) is 49.0. The number of nitrogens with two attached hydrogens (primary N) is 1. The van der Waals surface area contributed by atoms with Crippen molar-refractivity contribution >= 4 is 161 Å². The first-order chi connectivity index (χ1) is 69.3. The molecule has 0 aliphatic heterocycles. The van der Waals surface area contributed by atoms with Crippen molar-refractivity contribution in [3.63, 3.8) is 0 Å². The first-order valence-corrected chi connectivity index (χ1v) is 51.3. The minimum absolute atomic E-state index is 0.000437. The predicted octanol–water partition coefficient (Wildman–Crippen LogP) is 33.0. The highest BCUT2D eigenvalue weighted by Crippen LogP contribution is 2.41. The van der Waals surface area contributed by atoms with E-state index in [1.165, 1.54) is 48.8 Å². The molecule has 0 atom stereocenters. The Bertz CT molecular complexity index is 6930. The van der Waals surface area contributed by atoms with E-state index < -0.39 is 0 Å². The van der Waals surface area contributed by atoms with E-state index in [2.05, 4.69) is 104 Å². The van der Waals surface area contributed by atoms with E-state index in [0.717, 1.165) is 94.0 Å². The number of aromatic nitrogens is 3. The minimum atomic E-state index is -0.356. The van der Waals surface area contributed by atoms with Crippen LogP contribution < -0.4 is 15.8 Å². The molecule has 0 bridgehead atoms. The van der Waals surface area contributed by atoms with E-state index in [-0.39, 0.29) is 73.6 Å². The minimum Gasteiger partial charge on any atom is -0.488 e. The van der Waals surface area contributed by atoms with Gasteiger partial charge in [-0.3, -0.25) is 37.9 Å². The maximum atomic E-state index is 13.2. The number of aliphatic hydroxyl groups is 2.